The van der Waals surface area contributed by atoms with E-state index in [1.54, 1.807) is 0 Å². The van der Waals surface area contributed by atoms with Gasteiger partial charge in [0.25, 0.3) is 0 Å². The van der Waals surface area contributed by atoms with Gasteiger partial charge in [0.1, 0.15) is 5.75 Å². The Morgan fingerprint density at radius 1 is 1.10 bits per heavy atom. The van der Waals surface area contributed by atoms with Crippen molar-refractivity contribution in [2.24, 2.45) is 17.8 Å². The first-order chi connectivity index (χ1) is 10.2. The molecule has 1 aromatic rings. The predicted molar refractivity (Wildman–Crippen MR) is 89.7 cm³/mol. The molecular formula is C19H31NO. The standard InChI is InChI=1S/C19H31NO/c1-5-20-19(16-12-14(3)11-15(4)13-16)17-9-7-8-10-18(17)21-6-2/h7-10,14-16,19-20H,5-6,11-13H2,1-4H3. The Hall–Kier alpha value is -1.02. The first-order valence-corrected chi connectivity index (χ1v) is 8.60. The van der Waals surface area contributed by atoms with E-state index in [-0.39, 0.29) is 0 Å². The van der Waals surface area contributed by atoms with Crippen molar-refractivity contribution in [3.8, 4) is 5.75 Å². The van der Waals surface area contributed by atoms with E-state index in [0.717, 1.165) is 30.7 Å². The fourth-order valence-corrected chi connectivity index (χ4v) is 4.06. The lowest BCUT2D eigenvalue weighted by Gasteiger charge is -2.37. The number of rotatable bonds is 6. The second-order valence-electron chi connectivity index (χ2n) is 6.68. The van der Waals surface area contributed by atoms with Crippen LogP contribution in [0, 0.1) is 17.8 Å². The highest BCUT2D eigenvalue weighted by Gasteiger charge is 2.31. The van der Waals surface area contributed by atoms with Gasteiger partial charge in [-0.3, -0.25) is 0 Å². The van der Waals surface area contributed by atoms with Crippen LogP contribution in [0.25, 0.3) is 0 Å². The van der Waals surface area contributed by atoms with Crippen molar-refractivity contribution < 1.29 is 4.74 Å². The maximum Gasteiger partial charge on any atom is 0.124 e. The summed E-state index contributed by atoms with van der Waals surface area (Å²) in [5.74, 6) is 3.43. The van der Waals surface area contributed by atoms with Crippen LogP contribution in [-0.4, -0.2) is 13.2 Å². The summed E-state index contributed by atoms with van der Waals surface area (Å²) in [5.41, 5.74) is 1.34. The molecular weight excluding hydrogens is 258 g/mol. The van der Waals surface area contributed by atoms with Crippen LogP contribution in [0.1, 0.15) is 58.6 Å². The molecule has 2 nitrogen and oxygen atoms in total. The Bertz CT molecular complexity index is 421. The van der Waals surface area contributed by atoms with E-state index < -0.39 is 0 Å². The summed E-state index contributed by atoms with van der Waals surface area (Å²) in [6.45, 7) is 10.8. The largest absolute Gasteiger partial charge is 0.494 e. The van der Waals surface area contributed by atoms with E-state index in [0.29, 0.717) is 12.0 Å². The maximum atomic E-state index is 5.87. The van der Waals surface area contributed by atoms with E-state index >= 15 is 0 Å². The van der Waals surface area contributed by atoms with Crippen molar-refractivity contribution in [2.45, 2.75) is 53.0 Å². The molecule has 0 amide bonds. The van der Waals surface area contributed by atoms with Gasteiger partial charge in [-0.2, -0.15) is 0 Å². The predicted octanol–water partition coefficient (Wildman–Crippen LogP) is 4.81. The first-order valence-electron chi connectivity index (χ1n) is 8.60. The monoisotopic (exact) mass is 289 g/mol. The molecule has 0 saturated heterocycles. The summed E-state index contributed by atoms with van der Waals surface area (Å²) < 4.78 is 5.87. The average Bonchev–Trinajstić information content (AvgIpc) is 2.45. The highest BCUT2D eigenvalue weighted by atomic mass is 16.5. The summed E-state index contributed by atoms with van der Waals surface area (Å²) in [4.78, 5) is 0. The second kappa shape index (κ2) is 7.84. The minimum atomic E-state index is 0.419. The van der Waals surface area contributed by atoms with Crippen LogP contribution < -0.4 is 10.1 Å². The topological polar surface area (TPSA) is 21.3 Å². The van der Waals surface area contributed by atoms with E-state index in [4.69, 9.17) is 4.74 Å². The Morgan fingerprint density at radius 3 is 2.38 bits per heavy atom. The van der Waals surface area contributed by atoms with Crippen LogP contribution in [0.3, 0.4) is 0 Å². The number of para-hydroxylation sites is 1. The maximum absolute atomic E-state index is 5.87. The molecule has 1 fully saturated rings. The molecule has 1 saturated carbocycles. The smallest absolute Gasteiger partial charge is 0.124 e. The molecule has 0 aliphatic heterocycles. The van der Waals surface area contributed by atoms with Gasteiger partial charge in [-0.15, -0.1) is 0 Å². The Kier molecular flexibility index (Phi) is 6.10. The highest BCUT2D eigenvalue weighted by Crippen LogP contribution is 2.41. The van der Waals surface area contributed by atoms with E-state index in [9.17, 15) is 0 Å². The molecule has 0 bridgehead atoms. The molecule has 1 aliphatic rings. The van der Waals surface area contributed by atoms with Gasteiger partial charge in [-0.1, -0.05) is 39.0 Å². The quantitative estimate of drug-likeness (QED) is 0.811. The van der Waals surface area contributed by atoms with Crippen molar-refractivity contribution in [2.75, 3.05) is 13.2 Å². The van der Waals surface area contributed by atoms with E-state index in [1.165, 1.54) is 24.8 Å². The highest BCUT2D eigenvalue weighted by molar-refractivity contribution is 5.36. The van der Waals surface area contributed by atoms with Crippen LogP contribution in [-0.2, 0) is 0 Å². The third-order valence-corrected chi connectivity index (χ3v) is 4.66. The molecule has 0 spiro atoms. The second-order valence-corrected chi connectivity index (χ2v) is 6.68. The van der Waals surface area contributed by atoms with Crippen molar-refractivity contribution >= 4 is 0 Å². The summed E-state index contributed by atoms with van der Waals surface area (Å²) in [6, 6.07) is 8.98. The lowest BCUT2D eigenvalue weighted by atomic mass is 9.72. The van der Waals surface area contributed by atoms with Gasteiger partial charge in [0, 0.05) is 11.6 Å². The molecule has 0 aromatic heterocycles. The van der Waals surface area contributed by atoms with E-state index in [2.05, 4.69) is 57.3 Å². The molecule has 1 aromatic carbocycles. The fraction of sp³-hybridized carbons (Fsp3) is 0.684. The lowest BCUT2D eigenvalue weighted by molar-refractivity contribution is 0.175. The van der Waals surface area contributed by atoms with Gasteiger partial charge in [-0.05, 0) is 56.6 Å². The number of benzene rings is 1. The Morgan fingerprint density at radius 2 is 1.76 bits per heavy atom. The van der Waals surface area contributed by atoms with E-state index in [1.807, 2.05) is 0 Å². The van der Waals surface area contributed by atoms with Crippen LogP contribution in [0.2, 0.25) is 0 Å². The molecule has 0 radical (unpaired) electrons. The molecule has 0 heterocycles. The van der Waals surface area contributed by atoms with Crippen molar-refractivity contribution in [3.63, 3.8) is 0 Å². The van der Waals surface area contributed by atoms with Gasteiger partial charge in [0.15, 0.2) is 0 Å². The number of ether oxygens (including phenoxy) is 1. The summed E-state index contributed by atoms with van der Waals surface area (Å²) in [7, 11) is 0. The molecule has 118 valence electrons. The third kappa shape index (κ3) is 4.23. The van der Waals surface area contributed by atoms with Crippen molar-refractivity contribution in [1.82, 2.24) is 5.32 Å². The summed E-state index contributed by atoms with van der Waals surface area (Å²) in [5, 5.41) is 3.73. The zero-order valence-electron chi connectivity index (χ0n) is 14.1. The zero-order chi connectivity index (χ0) is 15.2. The van der Waals surface area contributed by atoms with Crippen LogP contribution in [0.4, 0.5) is 0 Å². The number of hydrogen-bond donors (Lipinski definition) is 1. The molecule has 1 N–H and O–H groups in total. The molecule has 3 unspecified atom stereocenters. The SMILES string of the molecule is CCNC(c1ccccc1OCC)C1CC(C)CC(C)C1. The van der Waals surface area contributed by atoms with Crippen molar-refractivity contribution in [1.29, 1.82) is 0 Å². The van der Waals surface area contributed by atoms with Crippen molar-refractivity contribution in [3.05, 3.63) is 29.8 Å². The van der Waals surface area contributed by atoms with Crippen LogP contribution >= 0.6 is 0 Å². The van der Waals surface area contributed by atoms with Gasteiger partial charge in [-0.25, -0.2) is 0 Å². The van der Waals surface area contributed by atoms with Gasteiger partial charge in [0.2, 0.25) is 0 Å². The summed E-state index contributed by atoms with van der Waals surface area (Å²) in [6.07, 6.45) is 4.02. The molecule has 3 atom stereocenters. The molecule has 1 aliphatic carbocycles. The average molecular weight is 289 g/mol. The minimum absolute atomic E-state index is 0.419. The third-order valence-electron chi connectivity index (χ3n) is 4.66. The molecule has 21 heavy (non-hydrogen) atoms. The van der Waals surface area contributed by atoms with Crippen LogP contribution in [0.15, 0.2) is 24.3 Å². The number of hydrogen-bond acceptors (Lipinski definition) is 2. The summed E-state index contributed by atoms with van der Waals surface area (Å²) >= 11 is 0. The normalized spacial score (nSPS) is 27.3. The van der Waals surface area contributed by atoms with Gasteiger partial charge >= 0.3 is 0 Å². The zero-order valence-corrected chi connectivity index (χ0v) is 14.1. The lowest BCUT2D eigenvalue weighted by Crippen LogP contribution is -2.33. The fourth-order valence-electron chi connectivity index (χ4n) is 4.06. The number of nitrogens with one attached hydrogen (secondary N) is 1. The Balaban J connectivity index is 2.25. The van der Waals surface area contributed by atoms with Crippen LogP contribution in [0.5, 0.6) is 5.75 Å². The minimum Gasteiger partial charge on any atom is -0.494 e. The molecule has 2 rings (SSSR count). The Labute approximate surface area is 130 Å². The van der Waals surface area contributed by atoms with Gasteiger partial charge in [0.05, 0.1) is 6.61 Å². The van der Waals surface area contributed by atoms with Gasteiger partial charge < -0.3 is 10.1 Å². The molecule has 2 heteroatoms. The first kappa shape index (κ1) is 16.4.